The Hall–Kier alpha value is -1.55. The van der Waals surface area contributed by atoms with Crippen LogP contribution in [-0.4, -0.2) is 22.8 Å². The van der Waals surface area contributed by atoms with E-state index in [0.717, 1.165) is 6.42 Å². The van der Waals surface area contributed by atoms with Crippen molar-refractivity contribution in [3.8, 4) is 5.75 Å². The molecule has 0 aromatic heterocycles. The van der Waals surface area contributed by atoms with Gasteiger partial charge in [-0.25, -0.2) is 0 Å². The van der Waals surface area contributed by atoms with Gasteiger partial charge in [0.25, 0.3) is 0 Å². The Morgan fingerprint density at radius 3 is 2.67 bits per heavy atom. The molecule has 0 heterocycles. The van der Waals surface area contributed by atoms with Crippen LogP contribution in [0.15, 0.2) is 24.3 Å². The number of phenols is 1. The van der Waals surface area contributed by atoms with E-state index in [4.69, 9.17) is 4.74 Å². The van der Waals surface area contributed by atoms with Gasteiger partial charge in [0.05, 0.1) is 18.6 Å². The Morgan fingerprint density at radius 2 is 2.11 bits per heavy atom. The molecule has 0 bridgehead atoms. The predicted molar refractivity (Wildman–Crippen MR) is 68.1 cm³/mol. The molecule has 2 N–H and O–H groups in total. The van der Waals surface area contributed by atoms with Crippen LogP contribution in [0.2, 0.25) is 0 Å². The lowest BCUT2D eigenvalue weighted by Gasteiger charge is -2.21. The quantitative estimate of drug-likeness (QED) is 0.763. The first-order valence-corrected chi connectivity index (χ1v) is 6.23. The Balaban J connectivity index is 2.88. The minimum Gasteiger partial charge on any atom is -0.508 e. The molecule has 4 heteroatoms. The first-order valence-electron chi connectivity index (χ1n) is 6.23. The summed E-state index contributed by atoms with van der Waals surface area (Å²) >= 11 is 0. The molecule has 1 aromatic rings. The summed E-state index contributed by atoms with van der Waals surface area (Å²) in [7, 11) is 0. The second-order valence-corrected chi connectivity index (χ2v) is 4.19. The van der Waals surface area contributed by atoms with Gasteiger partial charge in [-0.3, -0.25) is 4.79 Å². The molecular weight excluding hydrogens is 232 g/mol. The zero-order chi connectivity index (χ0) is 13.5. The number of aliphatic hydroxyl groups is 1. The number of ether oxygens (including phenoxy) is 1. The topological polar surface area (TPSA) is 66.8 Å². The number of carbonyl (C=O) groups is 1. The lowest BCUT2D eigenvalue weighted by Crippen LogP contribution is -2.24. The van der Waals surface area contributed by atoms with E-state index in [9.17, 15) is 15.0 Å². The summed E-state index contributed by atoms with van der Waals surface area (Å²) in [5, 5.41) is 19.6. The van der Waals surface area contributed by atoms with Crippen molar-refractivity contribution in [2.24, 2.45) is 5.92 Å². The summed E-state index contributed by atoms with van der Waals surface area (Å²) in [5.41, 5.74) is 0.529. The third kappa shape index (κ3) is 3.74. The fourth-order valence-corrected chi connectivity index (χ4v) is 1.91. The van der Waals surface area contributed by atoms with Crippen LogP contribution in [0.5, 0.6) is 5.75 Å². The number of aliphatic hydroxyl groups excluding tert-OH is 1. The molecule has 1 aromatic carbocycles. The highest BCUT2D eigenvalue weighted by Gasteiger charge is 2.28. The maximum atomic E-state index is 11.8. The molecule has 0 aliphatic carbocycles. The van der Waals surface area contributed by atoms with Crippen molar-refractivity contribution < 1.29 is 19.7 Å². The second-order valence-electron chi connectivity index (χ2n) is 4.19. The number of esters is 1. The van der Waals surface area contributed by atoms with E-state index in [1.54, 1.807) is 19.1 Å². The number of aromatic hydroxyl groups is 1. The molecule has 4 nitrogen and oxygen atoms in total. The van der Waals surface area contributed by atoms with E-state index in [1.165, 1.54) is 12.1 Å². The number of hydrogen-bond acceptors (Lipinski definition) is 4. The average Bonchev–Trinajstić information content (AvgIpc) is 2.35. The largest absolute Gasteiger partial charge is 0.508 e. The van der Waals surface area contributed by atoms with Gasteiger partial charge in [-0.15, -0.1) is 0 Å². The summed E-state index contributed by atoms with van der Waals surface area (Å²) < 4.78 is 4.97. The molecule has 18 heavy (non-hydrogen) atoms. The fraction of sp³-hybridized carbons (Fsp3) is 0.500. The summed E-state index contributed by atoms with van der Waals surface area (Å²) in [6.45, 7) is 3.98. The molecule has 0 aliphatic heterocycles. The van der Waals surface area contributed by atoms with Gasteiger partial charge in [-0.1, -0.05) is 25.5 Å². The van der Waals surface area contributed by atoms with Crippen LogP contribution in [-0.2, 0) is 9.53 Å². The molecule has 0 saturated carbocycles. The van der Waals surface area contributed by atoms with E-state index in [-0.39, 0.29) is 5.75 Å². The smallest absolute Gasteiger partial charge is 0.311 e. The van der Waals surface area contributed by atoms with Gasteiger partial charge >= 0.3 is 5.97 Å². The van der Waals surface area contributed by atoms with Gasteiger partial charge in [0, 0.05) is 0 Å². The molecule has 0 spiro atoms. The predicted octanol–water partition coefficient (Wildman–Crippen LogP) is 2.41. The van der Waals surface area contributed by atoms with Crippen LogP contribution in [0.3, 0.4) is 0 Å². The Kier molecular flexibility index (Phi) is 5.65. The average molecular weight is 252 g/mol. The highest BCUT2D eigenvalue weighted by Crippen LogP contribution is 2.28. The summed E-state index contributed by atoms with van der Waals surface area (Å²) in [6.07, 6.45) is 0.380. The molecule has 1 rings (SSSR count). The van der Waals surface area contributed by atoms with Gasteiger partial charge < -0.3 is 14.9 Å². The summed E-state index contributed by atoms with van der Waals surface area (Å²) in [6, 6.07) is 6.32. The molecule has 0 aliphatic rings. The van der Waals surface area contributed by atoms with Crippen LogP contribution in [0.4, 0.5) is 0 Å². The lowest BCUT2D eigenvalue weighted by atomic mass is 9.92. The zero-order valence-corrected chi connectivity index (χ0v) is 10.8. The van der Waals surface area contributed by atoms with Crippen molar-refractivity contribution in [3.63, 3.8) is 0 Å². The van der Waals surface area contributed by atoms with Crippen LogP contribution < -0.4 is 0 Å². The first-order chi connectivity index (χ1) is 8.60. The molecule has 0 amide bonds. The summed E-state index contributed by atoms with van der Waals surface area (Å²) in [4.78, 5) is 11.8. The zero-order valence-electron chi connectivity index (χ0n) is 10.8. The van der Waals surface area contributed by atoms with E-state index >= 15 is 0 Å². The minimum absolute atomic E-state index is 0.0747. The Labute approximate surface area is 107 Å². The molecule has 2 unspecified atom stereocenters. The fourth-order valence-electron chi connectivity index (χ4n) is 1.91. The highest BCUT2D eigenvalue weighted by atomic mass is 16.5. The second kappa shape index (κ2) is 7.01. The monoisotopic (exact) mass is 252 g/mol. The van der Waals surface area contributed by atoms with Gasteiger partial charge in [-0.2, -0.15) is 0 Å². The van der Waals surface area contributed by atoms with E-state index in [1.807, 2.05) is 6.92 Å². The third-order valence-corrected chi connectivity index (χ3v) is 2.78. The van der Waals surface area contributed by atoms with Crippen molar-refractivity contribution in [1.82, 2.24) is 0 Å². The molecule has 2 atom stereocenters. The van der Waals surface area contributed by atoms with Crippen LogP contribution >= 0.6 is 0 Å². The van der Waals surface area contributed by atoms with Crippen molar-refractivity contribution in [3.05, 3.63) is 29.8 Å². The number of carbonyl (C=O) groups excluding carboxylic acids is 1. The Morgan fingerprint density at radius 1 is 1.39 bits per heavy atom. The van der Waals surface area contributed by atoms with Crippen molar-refractivity contribution in [2.45, 2.75) is 32.8 Å². The van der Waals surface area contributed by atoms with Gasteiger partial charge in [0.1, 0.15) is 5.75 Å². The maximum Gasteiger partial charge on any atom is 0.311 e. The first kappa shape index (κ1) is 14.5. The number of benzene rings is 1. The molecule has 0 radical (unpaired) electrons. The van der Waals surface area contributed by atoms with Crippen LogP contribution in [0.25, 0.3) is 0 Å². The van der Waals surface area contributed by atoms with Gasteiger partial charge in [0.2, 0.25) is 0 Å². The minimum atomic E-state index is -0.948. The van der Waals surface area contributed by atoms with Crippen molar-refractivity contribution in [2.75, 3.05) is 6.61 Å². The molecule has 100 valence electrons. The summed E-state index contributed by atoms with van der Waals surface area (Å²) in [5.74, 6) is -0.905. The van der Waals surface area contributed by atoms with Gasteiger partial charge in [0.15, 0.2) is 0 Å². The number of hydrogen-bond donors (Lipinski definition) is 2. The van der Waals surface area contributed by atoms with Crippen molar-refractivity contribution in [1.29, 1.82) is 0 Å². The van der Waals surface area contributed by atoms with E-state index in [2.05, 4.69) is 0 Å². The molecule has 0 saturated heterocycles. The van der Waals surface area contributed by atoms with E-state index < -0.39 is 18.0 Å². The van der Waals surface area contributed by atoms with Crippen LogP contribution in [0.1, 0.15) is 38.4 Å². The standard InChI is InChI=1S/C14H20O4/c1-3-6-12(14(17)18-4-2)13(16)10-7-5-8-11(15)9-10/h5,7-9,12-13,15-16H,3-4,6H2,1-2H3. The molecular formula is C14H20O4. The third-order valence-electron chi connectivity index (χ3n) is 2.78. The highest BCUT2D eigenvalue weighted by molar-refractivity contribution is 5.73. The van der Waals surface area contributed by atoms with Gasteiger partial charge in [-0.05, 0) is 31.0 Å². The molecule has 0 fully saturated rings. The van der Waals surface area contributed by atoms with E-state index in [0.29, 0.717) is 18.6 Å². The number of rotatable bonds is 6. The van der Waals surface area contributed by atoms with Crippen molar-refractivity contribution >= 4 is 5.97 Å². The van der Waals surface area contributed by atoms with Crippen LogP contribution in [0, 0.1) is 5.92 Å². The Bertz CT molecular complexity index is 389. The maximum absolute atomic E-state index is 11.8. The number of phenolic OH excluding ortho intramolecular Hbond substituents is 1. The SMILES string of the molecule is CCCC(C(=O)OCC)C(O)c1cccc(O)c1. The lowest BCUT2D eigenvalue weighted by molar-refractivity contribution is -0.152. The normalized spacial score (nSPS) is 13.9.